The first-order valence-corrected chi connectivity index (χ1v) is 8.21. The van der Waals surface area contributed by atoms with Gasteiger partial charge in [0, 0.05) is 39.8 Å². The second kappa shape index (κ2) is 8.27. The number of carbonyl (C=O) groups excluding carboxylic acids is 4. The fourth-order valence-corrected chi connectivity index (χ4v) is 2.68. The minimum atomic E-state index is -0.403. The van der Waals surface area contributed by atoms with E-state index in [0.29, 0.717) is 22.9 Å². The maximum absolute atomic E-state index is 11.7. The Hall–Kier alpha value is -3.48. The highest BCUT2D eigenvalue weighted by molar-refractivity contribution is 6.13. The van der Waals surface area contributed by atoms with Crippen molar-refractivity contribution in [3.05, 3.63) is 48.5 Å². The van der Waals surface area contributed by atoms with Gasteiger partial charge in [-0.05, 0) is 24.3 Å². The molecule has 0 spiro atoms. The molecule has 0 fully saturated rings. The van der Waals surface area contributed by atoms with E-state index in [2.05, 4.69) is 0 Å². The summed E-state index contributed by atoms with van der Waals surface area (Å²) in [4.78, 5) is 48.9. The van der Waals surface area contributed by atoms with Gasteiger partial charge >= 0.3 is 0 Å². The van der Waals surface area contributed by atoms with Crippen LogP contribution in [-0.4, -0.2) is 23.6 Å². The highest BCUT2D eigenvalue weighted by Crippen LogP contribution is 2.29. The topological polar surface area (TPSA) is 84.0 Å². The minimum absolute atomic E-state index is 0.387. The molecule has 0 heterocycles. The number of hydrogen-bond donors (Lipinski definition) is 0. The molecule has 0 aliphatic heterocycles. The number of benzene rings is 2. The zero-order chi connectivity index (χ0) is 20.1. The van der Waals surface area contributed by atoms with E-state index in [0.717, 1.165) is 9.80 Å². The summed E-state index contributed by atoms with van der Waals surface area (Å²) in [6, 6.07) is 13.0. The van der Waals surface area contributed by atoms with E-state index >= 15 is 0 Å². The molecule has 4 amide bonds. The lowest BCUT2D eigenvalue weighted by Gasteiger charge is -2.19. The smallest absolute Gasteiger partial charge is 0.230 e. The fourth-order valence-electron chi connectivity index (χ4n) is 2.68. The standard InChI is InChI=1S/C20H20N2O5/c1-13(23)21(14(2)24)17-7-5-9-19(11-17)27-20-10-6-8-18(12-20)22(15(3)25)16(4)26/h5-12H,1-4H3. The summed E-state index contributed by atoms with van der Waals surface area (Å²) in [5, 5.41) is 0. The van der Waals surface area contributed by atoms with E-state index < -0.39 is 23.6 Å². The van der Waals surface area contributed by atoms with Crippen molar-refractivity contribution in [3.63, 3.8) is 0 Å². The van der Waals surface area contributed by atoms with Gasteiger partial charge in [-0.1, -0.05) is 12.1 Å². The molecule has 0 saturated heterocycles. The number of carbonyl (C=O) groups is 4. The van der Waals surface area contributed by atoms with Crippen molar-refractivity contribution in [2.75, 3.05) is 9.80 Å². The average Bonchev–Trinajstić information content (AvgIpc) is 2.54. The summed E-state index contributed by atoms with van der Waals surface area (Å²) in [6.45, 7) is 5.21. The molecule has 0 aliphatic rings. The normalized spacial score (nSPS) is 10.1. The Labute approximate surface area is 157 Å². The van der Waals surface area contributed by atoms with Crippen molar-refractivity contribution in [3.8, 4) is 11.5 Å². The van der Waals surface area contributed by atoms with Crippen LogP contribution in [0.5, 0.6) is 11.5 Å². The lowest BCUT2D eigenvalue weighted by Crippen LogP contribution is -2.33. The maximum Gasteiger partial charge on any atom is 0.230 e. The number of imide groups is 2. The van der Waals surface area contributed by atoms with Crippen molar-refractivity contribution in [2.45, 2.75) is 27.7 Å². The molecule has 7 nitrogen and oxygen atoms in total. The number of amides is 4. The number of hydrogen-bond acceptors (Lipinski definition) is 5. The molecule has 27 heavy (non-hydrogen) atoms. The third-order valence-corrected chi connectivity index (χ3v) is 3.65. The molecule has 0 N–H and O–H groups in total. The first kappa shape index (κ1) is 19.8. The molecular formula is C20H20N2O5. The SMILES string of the molecule is CC(=O)N(C(C)=O)c1cccc(Oc2cccc(N(C(C)=O)C(C)=O)c2)c1. The third kappa shape index (κ3) is 4.78. The molecule has 0 aliphatic carbocycles. The first-order chi connectivity index (χ1) is 12.7. The zero-order valence-electron chi connectivity index (χ0n) is 15.6. The van der Waals surface area contributed by atoms with Crippen LogP contribution in [0.1, 0.15) is 27.7 Å². The fraction of sp³-hybridized carbons (Fsp3) is 0.200. The summed E-state index contributed by atoms with van der Waals surface area (Å²) in [7, 11) is 0. The summed E-state index contributed by atoms with van der Waals surface area (Å²) < 4.78 is 5.78. The average molecular weight is 368 g/mol. The van der Waals surface area contributed by atoms with E-state index in [1.165, 1.54) is 27.7 Å². The molecule has 2 rings (SSSR count). The second-order valence-electron chi connectivity index (χ2n) is 5.84. The van der Waals surface area contributed by atoms with Gasteiger partial charge in [0.1, 0.15) is 11.5 Å². The van der Waals surface area contributed by atoms with Crippen LogP contribution in [0, 0.1) is 0 Å². The maximum atomic E-state index is 11.7. The lowest BCUT2D eigenvalue weighted by atomic mass is 10.2. The van der Waals surface area contributed by atoms with Crippen molar-refractivity contribution in [1.29, 1.82) is 0 Å². The molecule has 0 aromatic heterocycles. The van der Waals surface area contributed by atoms with Crippen LogP contribution in [0.3, 0.4) is 0 Å². The summed E-state index contributed by atoms with van der Waals surface area (Å²) in [5.41, 5.74) is 0.774. The van der Waals surface area contributed by atoms with E-state index in [4.69, 9.17) is 4.74 Å². The van der Waals surface area contributed by atoms with Crippen molar-refractivity contribution < 1.29 is 23.9 Å². The Kier molecular flexibility index (Phi) is 6.07. The molecule has 140 valence electrons. The van der Waals surface area contributed by atoms with E-state index in [-0.39, 0.29) is 0 Å². The molecule has 0 unspecified atom stereocenters. The minimum Gasteiger partial charge on any atom is -0.457 e. The number of ether oxygens (including phenoxy) is 1. The Bertz CT molecular complexity index is 805. The molecule has 0 bridgehead atoms. The predicted molar refractivity (Wildman–Crippen MR) is 101 cm³/mol. The number of anilines is 2. The highest BCUT2D eigenvalue weighted by atomic mass is 16.5. The second-order valence-corrected chi connectivity index (χ2v) is 5.84. The molecular weight excluding hydrogens is 348 g/mol. The molecule has 2 aromatic rings. The van der Waals surface area contributed by atoms with Gasteiger partial charge in [0.2, 0.25) is 23.6 Å². The van der Waals surface area contributed by atoms with Crippen LogP contribution in [0.15, 0.2) is 48.5 Å². The third-order valence-electron chi connectivity index (χ3n) is 3.65. The Balaban J connectivity index is 2.33. The lowest BCUT2D eigenvalue weighted by molar-refractivity contribution is -0.125. The van der Waals surface area contributed by atoms with E-state index in [9.17, 15) is 19.2 Å². The highest BCUT2D eigenvalue weighted by Gasteiger charge is 2.18. The van der Waals surface area contributed by atoms with Gasteiger partial charge in [0.05, 0.1) is 11.4 Å². The molecule has 0 atom stereocenters. The van der Waals surface area contributed by atoms with Gasteiger partial charge in [0.15, 0.2) is 0 Å². The molecule has 0 radical (unpaired) electrons. The van der Waals surface area contributed by atoms with Crippen LogP contribution >= 0.6 is 0 Å². The van der Waals surface area contributed by atoms with Gasteiger partial charge in [-0.3, -0.25) is 29.0 Å². The van der Waals surface area contributed by atoms with E-state index in [1.807, 2.05) is 0 Å². The van der Waals surface area contributed by atoms with Gasteiger partial charge in [-0.2, -0.15) is 0 Å². The quantitative estimate of drug-likeness (QED) is 0.827. The Morgan fingerprint density at radius 1 is 0.630 bits per heavy atom. The summed E-state index contributed by atoms with van der Waals surface area (Å²) >= 11 is 0. The Morgan fingerprint density at radius 2 is 0.963 bits per heavy atom. The van der Waals surface area contributed by atoms with Crippen molar-refractivity contribution in [2.24, 2.45) is 0 Å². The monoisotopic (exact) mass is 368 g/mol. The van der Waals surface area contributed by atoms with Crippen LogP contribution in [0.2, 0.25) is 0 Å². The Morgan fingerprint density at radius 3 is 1.26 bits per heavy atom. The van der Waals surface area contributed by atoms with Gasteiger partial charge < -0.3 is 4.74 Å². The number of nitrogens with zero attached hydrogens (tertiary/aromatic N) is 2. The first-order valence-electron chi connectivity index (χ1n) is 8.21. The molecule has 0 saturated carbocycles. The zero-order valence-corrected chi connectivity index (χ0v) is 15.6. The van der Waals surface area contributed by atoms with Gasteiger partial charge in [-0.25, -0.2) is 0 Å². The largest absolute Gasteiger partial charge is 0.457 e. The van der Waals surface area contributed by atoms with Crippen molar-refractivity contribution in [1.82, 2.24) is 0 Å². The van der Waals surface area contributed by atoms with Crippen LogP contribution < -0.4 is 14.5 Å². The predicted octanol–water partition coefficient (Wildman–Crippen LogP) is 3.28. The van der Waals surface area contributed by atoms with Gasteiger partial charge in [0.25, 0.3) is 0 Å². The van der Waals surface area contributed by atoms with Crippen LogP contribution in [0.25, 0.3) is 0 Å². The van der Waals surface area contributed by atoms with Gasteiger partial charge in [-0.15, -0.1) is 0 Å². The van der Waals surface area contributed by atoms with Crippen LogP contribution in [0.4, 0.5) is 11.4 Å². The van der Waals surface area contributed by atoms with E-state index in [1.54, 1.807) is 48.5 Å². The number of rotatable bonds is 4. The van der Waals surface area contributed by atoms with Crippen molar-refractivity contribution >= 4 is 35.0 Å². The molecule has 7 heteroatoms. The summed E-state index contributed by atoms with van der Waals surface area (Å²) in [6.07, 6.45) is 0. The molecule has 2 aromatic carbocycles. The summed E-state index contributed by atoms with van der Waals surface area (Å²) in [5.74, 6) is -0.815. The van der Waals surface area contributed by atoms with Crippen LogP contribution in [-0.2, 0) is 19.2 Å².